The number of rotatable bonds is 4. The van der Waals surface area contributed by atoms with E-state index in [0.717, 1.165) is 12.5 Å². The summed E-state index contributed by atoms with van der Waals surface area (Å²) in [6.45, 7) is 2.50. The average Bonchev–Trinajstić information content (AvgIpc) is 2.29. The van der Waals surface area contributed by atoms with E-state index < -0.39 is 17.5 Å². The van der Waals surface area contributed by atoms with Crippen LogP contribution in [0.5, 0.6) is 0 Å². The highest BCUT2D eigenvalue weighted by molar-refractivity contribution is 6.31. The van der Waals surface area contributed by atoms with Gasteiger partial charge in [-0.25, -0.2) is 4.79 Å². The first-order valence-corrected chi connectivity index (χ1v) is 5.62. The van der Waals surface area contributed by atoms with E-state index >= 15 is 0 Å². The molecule has 0 heterocycles. The van der Waals surface area contributed by atoms with Gasteiger partial charge in [-0.05, 0) is 37.6 Å². The predicted molar refractivity (Wildman–Crippen MR) is 66.8 cm³/mol. The Hall–Kier alpha value is -1.59. The van der Waals surface area contributed by atoms with Crippen molar-refractivity contribution < 1.29 is 19.8 Å². The molecule has 0 saturated carbocycles. The molecule has 0 bridgehead atoms. The van der Waals surface area contributed by atoms with Crippen LogP contribution in [-0.2, 0) is 4.79 Å². The lowest BCUT2D eigenvalue weighted by Crippen LogP contribution is -2.46. The fourth-order valence-electron chi connectivity index (χ4n) is 1.22. The molecule has 0 fully saturated rings. The molecular weight excluding hydrogens is 258 g/mol. The third kappa shape index (κ3) is 3.45. The number of carbonyl (C=O) groups is 2. The van der Waals surface area contributed by atoms with Crippen LogP contribution in [0.3, 0.4) is 0 Å². The summed E-state index contributed by atoms with van der Waals surface area (Å²) in [6.07, 6.45) is 0. The molecule has 1 aromatic rings. The quantitative estimate of drug-likeness (QED) is 0.768. The van der Waals surface area contributed by atoms with Gasteiger partial charge in [0.15, 0.2) is 5.60 Å². The SMILES string of the molecule is Cc1cc(C(=O)NCC(C)(O)C(=O)O)ccc1Cl. The number of carboxylic acid groups (broad SMARTS) is 1. The van der Waals surface area contributed by atoms with E-state index in [2.05, 4.69) is 5.32 Å². The maximum absolute atomic E-state index is 11.7. The summed E-state index contributed by atoms with van der Waals surface area (Å²) >= 11 is 5.83. The fourth-order valence-corrected chi connectivity index (χ4v) is 1.33. The van der Waals surface area contributed by atoms with Gasteiger partial charge < -0.3 is 15.5 Å². The van der Waals surface area contributed by atoms with E-state index in [4.69, 9.17) is 16.7 Å². The van der Waals surface area contributed by atoms with Gasteiger partial charge in [0.1, 0.15) is 0 Å². The minimum atomic E-state index is -1.99. The Morgan fingerprint density at radius 2 is 2.06 bits per heavy atom. The number of halogens is 1. The number of carbonyl (C=O) groups excluding carboxylic acids is 1. The van der Waals surface area contributed by atoms with Crippen molar-refractivity contribution in [2.75, 3.05) is 6.54 Å². The monoisotopic (exact) mass is 271 g/mol. The van der Waals surface area contributed by atoms with Crippen LogP contribution in [0.1, 0.15) is 22.8 Å². The van der Waals surface area contributed by atoms with Crippen molar-refractivity contribution in [1.29, 1.82) is 0 Å². The first-order valence-electron chi connectivity index (χ1n) is 5.24. The molecule has 1 aromatic carbocycles. The van der Waals surface area contributed by atoms with Crippen LogP contribution in [0.4, 0.5) is 0 Å². The van der Waals surface area contributed by atoms with Gasteiger partial charge in [0.25, 0.3) is 5.91 Å². The molecule has 0 aliphatic rings. The molecule has 0 saturated heterocycles. The minimum absolute atomic E-state index is 0.359. The Balaban J connectivity index is 2.72. The lowest BCUT2D eigenvalue weighted by atomic mass is 10.1. The maximum Gasteiger partial charge on any atom is 0.337 e. The Morgan fingerprint density at radius 1 is 1.44 bits per heavy atom. The topological polar surface area (TPSA) is 86.6 Å². The van der Waals surface area contributed by atoms with E-state index in [9.17, 15) is 14.7 Å². The Morgan fingerprint density at radius 3 is 2.56 bits per heavy atom. The summed E-state index contributed by atoms with van der Waals surface area (Å²) in [7, 11) is 0. The van der Waals surface area contributed by atoms with Gasteiger partial charge in [0.05, 0.1) is 6.54 Å². The number of hydrogen-bond acceptors (Lipinski definition) is 3. The van der Waals surface area contributed by atoms with Gasteiger partial charge in [-0.2, -0.15) is 0 Å². The average molecular weight is 272 g/mol. The highest BCUT2D eigenvalue weighted by Gasteiger charge is 2.30. The zero-order chi connectivity index (χ0) is 13.9. The third-order valence-electron chi connectivity index (χ3n) is 2.47. The van der Waals surface area contributed by atoms with Gasteiger partial charge in [-0.1, -0.05) is 11.6 Å². The zero-order valence-corrected chi connectivity index (χ0v) is 10.8. The van der Waals surface area contributed by atoms with E-state index in [-0.39, 0.29) is 6.54 Å². The maximum atomic E-state index is 11.7. The van der Waals surface area contributed by atoms with Crippen molar-refractivity contribution >= 4 is 23.5 Å². The standard InChI is InChI=1S/C12H14ClNO4/c1-7-5-8(3-4-9(7)13)10(15)14-6-12(2,18)11(16)17/h3-5,18H,6H2,1-2H3,(H,14,15)(H,16,17). The molecule has 1 amide bonds. The van der Waals surface area contributed by atoms with Crippen LogP contribution in [0, 0.1) is 6.92 Å². The van der Waals surface area contributed by atoms with Crippen molar-refractivity contribution in [3.05, 3.63) is 34.3 Å². The van der Waals surface area contributed by atoms with Crippen LogP contribution in [0.2, 0.25) is 5.02 Å². The number of carboxylic acids is 1. The molecule has 1 rings (SSSR count). The molecule has 0 aliphatic carbocycles. The molecule has 0 spiro atoms. The Labute approximate surface area is 109 Å². The van der Waals surface area contributed by atoms with Crippen LogP contribution in [-0.4, -0.2) is 34.2 Å². The molecule has 0 aliphatic heterocycles. The number of aliphatic hydroxyl groups is 1. The third-order valence-corrected chi connectivity index (χ3v) is 2.90. The zero-order valence-electron chi connectivity index (χ0n) is 10.0. The summed E-state index contributed by atoms with van der Waals surface area (Å²) in [6, 6.07) is 4.70. The summed E-state index contributed by atoms with van der Waals surface area (Å²) in [5.41, 5.74) is -0.885. The van der Waals surface area contributed by atoms with Crippen LogP contribution < -0.4 is 5.32 Å². The molecule has 5 nitrogen and oxygen atoms in total. The minimum Gasteiger partial charge on any atom is -0.479 e. The molecule has 18 heavy (non-hydrogen) atoms. The fraction of sp³-hybridized carbons (Fsp3) is 0.333. The predicted octanol–water partition coefficient (Wildman–Crippen LogP) is 1.21. The second-order valence-electron chi connectivity index (χ2n) is 4.23. The summed E-state index contributed by atoms with van der Waals surface area (Å²) < 4.78 is 0. The Kier molecular flexibility index (Phi) is 4.32. The highest BCUT2D eigenvalue weighted by Crippen LogP contribution is 2.16. The molecule has 0 aromatic heterocycles. The number of aryl methyl sites for hydroxylation is 1. The van der Waals surface area contributed by atoms with Crippen molar-refractivity contribution in [3.63, 3.8) is 0 Å². The van der Waals surface area contributed by atoms with Crippen molar-refractivity contribution in [3.8, 4) is 0 Å². The first kappa shape index (κ1) is 14.5. The summed E-state index contributed by atoms with van der Waals surface area (Å²) in [5, 5.41) is 21.0. The number of hydrogen-bond donors (Lipinski definition) is 3. The van der Waals surface area contributed by atoms with Gasteiger partial charge in [-0.15, -0.1) is 0 Å². The first-order chi connectivity index (χ1) is 8.24. The smallest absolute Gasteiger partial charge is 0.337 e. The van der Waals surface area contributed by atoms with Crippen molar-refractivity contribution in [2.24, 2.45) is 0 Å². The van der Waals surface area contributed by atoms with E-state index in [0.29, 0.717) is 10.6 Å². The second-order valence-corrected chi connectivity index (χ2v) is 4.63. The van der Waals surface area contributed by atoms with Crippen LogP contribution in [0.15, 0.2) is 18.2 Å². The van der Waals surface area contributed by atoms with E-state index in [1.807, 2.05) is 0 Å². The molecule has 6 heteroatoms. The highest BCUT2D eigenvalue weighted by atomic mass is 35.5. The van der Waals surface area contributed by atoms with Crippen molar-refractivity contribution in [2.45, 2.75) is 19.4 Å². The molecule has 0 radical (unpaired) electrons. The summed E-state index contributed by atoms with van der Waals surface area (Å²) in [5.74, 6) is -1.86. The lowest BCUT2D eigenvalue weighted by Gasteiger charge is -2.18. The molecular formula is C12H14ClNO4. The van der Waals surface area contributed by atoms with Gasteiger partial charge in [0, 0.05) is 10.6 Å². The molecule has 1 unspecified atom stereocenters. The second kappa shape index (κ2) is 5.37. The largest absolute Gasteiger partial charge is 0.479 e. The molecule has 98 valence electrons. The van der Waals surface area contributed by atoms with E-state index in [1.54, 1.807) is 19.1 Å². The van der Waals surface area contributed by atoms with Gasteiger partial charge >= 0.3 is 5.97 Å². The van der Waals surface area contributed by atoms with Crippen LogP contribution >= 0.6 is 11.6 Å². The van der Waals surface area contributed by atoms with Gasteiger partial charge in [0.2, 0.25) is 0 Å². The molecule has 3 N–H and O–H groups in total. The van der Waals surface area contributed by atoms with E-state index in [1.165, 1.54) is 6.07 Å². The van der Waals surface area contributed by atoms with Gasteiger partial charge in [-0.3, -0.25) is 4.79 Å². The normalized spacial score (nSPS) is 13.8. The number of aliphatic carboxylic acids is 1. The van der Waals surface area contributed by atoms with Crippen LogP contribution in [0.25, 0.3) is 0 Å². The lowest BCUT2D eigenvalue weighted by molar-refractivity contribution is -0.155. The Bertz CT molecular complexity index is 485. The van der Waals surface area contributed by atoms with Crippen molar-refractivity contribution in [1.82, 2.24) is 5.32 Å². The number of nitrogens with one attached hydrogen (secondary N) is 1. The molecule has 1 atom stereocenters. The number of amides is 1. The summed E-state index contributed by atoms with van der Waals surface area (Å²) in [4.78, 5) is 22.4. The number of benzene rings is 1.